The van der Waals surface area contributed by atoms with Crippen molar-refractivity contribution in [2.75, 3.05) is 13.2 Å². The van der Waals surface area contributed by atoms with Gasteiger partial charge < -0.3 is 54.0 Å². The van der Waals surface area contributed by atoms with Crippen molar-refractivity contribution >= 4 is 81.6 Å². The Balaban J connectivity index is 1.36. The van der Waals surface area contributed by atoms with Gasteiger partial charge in [0.2, 0.25) is 57.9 Å². The number of Topliss-reactive ketones (excluding diaryl/α,β-unsaturated/α-hetero) is 5. The standard InChI is InChI=1S/C63H50Cl3NO18/c64-63(65,66)55(67)85-56-60(77,49(70)40-26-12-3-13-27-40)59(76,48(69)39-24-10-2-11-25-39)52(45(82-56)36-80-53(73)43-32-18-6-19-33-43)84-57-61(78,50(71)41-28-14-4-15-29-41)62(79,51(72)42-30-16-5-17-31-42)58(75,47(68)38-22-8-1-9-23-38)46(83-57)37-81-54(74)44-34-20-7-21-35-44/h1-35,45-46,52,56-57,67,75-79H,36-37H2/t45-,46-,52-,56+,57+,58+,59+,60+,61+,62+/m1/s1. The van der Waals surface area contributed by atoms with E-state index >= 15 is 24.0 Å². The number of hydrogen-bond donors (Lipinski definition) is 6. The molecule has 7 aromatic carbocycles. The number of ether oxygens (including phenoxy) is 6. The van der Waals surface area contributed by atoms with Crippen LogP contribution in [0.2, 0.25) is 0 Å². The number of esters is 2. The Morgan fingerprint density at radius 2 is 0.729 bits per heavy atom. The molecule has 7 aromatic rings. The Morgan fingerprint density at radius 3 is 1.11 bits per heavy atom. The van der Waals surface area contributed by atoms with Crippen LogP contribution >= 0.6 is 34.8 Å². The second kappa shape index (κ2) is 24.8. The summed E-state index contributed by atoms with van der Waals surface area (Å²) < 4.78 is 33.5. The lowest BCUT2D eigenvalue weighted by Crippen LogP contribution is -2.88. The number of rotatable bonds is 19. The van der Waals surface area contributed by atoms with Gasteiger partial charge in [-0.2, -0.15) is 0 Å². The molecule has 6 N–H and O–H groups in total. The minimum atomic E-state index is -4.39. The van der Waals surface area contributed by atoms with Crippen molar-refractivity contribution in [2.45, 2.75) is 62.7 Å². The second-order valence-corrected chi connectivity index (χ2v) is 21.9. The molecule has 2 aliphatic rings. The lowest BCUT2D eigenvalue weighted by Gasteiger charge is -2.60. The van der Waals surface area contributed by atoms with Crippen molar-refractivity contribution < 1.29 is 87.5 Å². The van der Waals surface area contributed by atoms with E-state index in [0.29, 0.717) is 0 Å². The van der Waals surface area contributed by atoms with Crippen LogP contribution in [0.1, 0.15) is 72.5 Å². The van der Waals surface area contributed by atoms with Crippen LogP contribution in [0, 0.1) is 5.41 Å². The smallest absolute Gasteiger partial charge is 0.338 e. The number of ketones is 5. The molecule has 2 fully saturated rings. The summed E-state index contributed by atoms with van der Waals surface area (Å²) >= 11 is 18.3. The average molecular weight is 1220 g/mol. The number of hydrogen-bond acceptors (Lipinski definition) is 19. The van der Waals surface area contributed by atoms with E-state index in [1.165, 1.54) is 140 Å². The molecule has 2 aliphatic heterocycles. The largest absolute Gasteiger partial charge is 0.459 e. The van der Waals surface area contributed by atoms with E-state index in [1.807, 2.05) is 0 Å². The third-order valence-corrected chi connectivity index (χ3v) is 15.1. The summed E-state index contributed by atoms with van der Waals surface area (Å²) in [6.45, 7) is -2.64. The molecule has 0 amide bonds. The molecule has 0 aromatic heterocycles. The lowest BCUT2D eigenvalue weighted by molar-refractivity contribution is -0.399. The van der Waals surface area contributed by atoms with E-state index in [-0.39, 0.29) is 11.1 Å². The molecule has 436 valence electrons. The fourth-order valence-corrected chi connectivity index (χ4v) is 10.4. The van der Waals surface area contributed by atoms with Gasteiger partial charge >= 0.3 is 11.9 Å². The molecule has 0 saturated carbocycles. The topological polar surface area (TPSA) is 300 Å². The molecule has 0 aliphatic carbocycles. The Kier molecular flexibility index (Phi) is 17.9. The van der Waals surface area contributed by atoms with Gasteiger partial charge in [0.05, 0.1) is 11.1 Å². The first-order valence-electron chi connectivity index (χ1n) is 25.9. The number of carbonyl (C=O) groups excluding carboxylic acids is 7. The summed E-state index contributed by atoms with van der Waals surface area (Å²) in [5.41, 5.74) is -23.8. The maximum atomic E-state index is 15.9. The number of benzene rings is 7. The predicted octanol–water partition coefficient (Wildman–Crippen LogP) is 6.97. The summed E-state index contributed by atoms with van der Waals surface area (Å²) in [4.78, 5) is 107. The van der Waals surface area contributed by atoms with Gasteiger partial charge in [0.1, 0.15) is 31.5 Å². The first kappa shape index (κ1) is 61.4. The average Bonchev–Trinajstić information content (AvgIpc) is 0.721. The van der Waals surface area contributed by atoms with E-state index in [2.05, 4.69) is 0 Å². The Morgan fingerprint density at radius 1 is 0.412 bits per heavy atom. The van der Waals surface area contributed by atoms with Crippen molar-refractivity contribution in [3.63, 3.8) is 0 Å². The third kappa shape index (κ3) is 11.1. The van der Waals surface area contributed by atoms with Crippen LogP contribution in [0.15, 0.2) is 212 Å². The van der Waals surface area contributed by atoms with Crippen LogP contribution in [-0.4, -0.2) is 148 Å². The van der Waals surface area contributed by atoms with E-state index in [4.69, 9.17) is 68.6 Å². The highest BCUT2D eigenvalue weighted by Gasteiger charge is 2.83. The fourth-order valence-electron chi connectivity index (χ4n) is 10.2. The summed E-state index contributed by atoms with van der Waals surface area (Å²) in [6.07, 6.45) is -14.3. The Hall–Kier alpha value is -8.15. The monoisotopic (exact) mass is 1210 g/mol. The van der Waals surface area contributed by atoms with Gasteiger partial charge in [-0.3, -0.25) is 29.4 Å². The minimum Gasteiger partial charge on any atom is -0.459 e. The molecule has 9 rings (SSSR count). The molecule has 19 nitrogen and oxygen atoms in total. The fraction of sp³-hybridized carbons (Fsp3) is 0.206. The highest BCUT2D eigenvalue weighted by molar-refractivity contribution is 6.76. The van der Waals surface area contributed by atoms with E-state index in [9.17, 15) is 35.1 Å². The second-order valence-electron chi connectivity index (χ2n) is 19.6. The van der Waals surface area contributed by atoms with E-state index in [1.54, 1.807) is 12.1 Å². The van der Waals surface area contributed by atoms with Gasteiger partial charge in [-0.1, -0.05) is 223 Å². The molecule has 0 radical (unpaired) electrons. The van der Waals surface area contributed by atoms with Crippen molar-refractivity contribution in [3.8, 4) is 0 Å². The predicted molar refractivity (Wildman–Crippen MR) is 303 cm³/mol. The van der Waals surface area contributed by atoms with Crippen LogP contribution in [0.5, 0.6) is 0 Å². The maximum absolute atomic E-state index is 15.9. The molecule has 0 bridgehead atoms. The summed E-state index contributed by atoms with van der Waals surface area (Å²) in [5, 5.41) is 78.3. The number of alkyl halides is 3. The molecular formula is C63H50Cl3NO18. The van der Waals surface area contributed by atoms with Gasteiger partial charge in [-0.05, 0) is 24.3 Å². The SMILES string of the molecule is N=C(O[C@@H]1O[C@H](COC(=O)c2ccccc2)[C@@H](O[C@@H]2O[C@H](COC(=O)c3ccccc3)[C@](O)(C(=O)c3ccccc3)[C@@](O)(C(=O)c3ccccc3)[C@]2(O)C(=O)c2ccccc2)[C@@](O)(C(=O)c2ccccc2)[C@]1(O)C(=O)c1ccccc1)C(Cl)(Cl)Cl. The van der Waals surface area contributed by atoms with Gasteiger partial charge in [-0.15, -0.1) is 0 Å². The highest BCUT2D eigenvalue weighted by Crippen LogP contribution is 2.53. The first-order valence-corrected chi connectivity index (χ1v) is 27.0. The quantitative estimate of drug-likeness (QED) is 0.0157. The van der Waals surface area contributed by atoms with Crippen molar-refractivity contribution in [1.82, 2.24) is 0 Å². The van der Waals surface area contributed by atoms with Gasteiger partial charge in [0.15, 0.2) is 17.5 Å². The van der Waals surface area contributed by atoms with Crippen LogP contribution in [0.3, 0.4) is 0 Å². The van der Waals surface area contributed by atoms with Crippen molar-refractivity contribution in [3.05, 3.63) is 251 Å². The molecule has 0 spiro atoms. The zero-order chi connectivity index (χ0) is 61.0. The molecule has 85 heavy (non-hydrogen) atoms. The van der Waals surface area contributed by atoms with Crippen molar-refractivity contribution in [1.29, 1.82) is 5.41 Å². The van der Waals surface area contributed by atoms with Gasteiger partial charge in [0, 0.05) is 27.8 Å². The van der Waals surface area contributed by atoms with E-state index < -0.39 is 150 Å². The lowest BCUT2D eigenvalue weighted by atomic mass is 9.58. The molecule has 2 saturated heterocycles. The molecule has 0 unspecified atom stereocenters. The normalized spacial score (nSPS) is 26.4. The molecule has 2 heterocycles. The third-order valence-electron chi connectivity index (χ3n) is 14.6. The highest BCUT2D eigenvalue weighted by atomic mass is 35.6. The minimum absolute atomic E-state index is 0.105. The van der Waals surface area contributed by atoms with Crippen LogP contribution in [0.25, 0.3) is 0 Å². The Bertz CT molecular complexity index is 3610. The molecule has 10 atom stereocenters. The summed E-state index contributed by atoms with van der Waals surface area (Å²) in [5.74, 6) is -12.2. The van der Waals surface area contributed by atoms with Crippen LogP contribution < -0.4 is 0 Å². The van der Waals surface area contributed by atoms with E-state index in [0.717, 1.165) is 60.7 Å². The number of halogens is 3. The molecular weight excluding hydrogens is 1170 g/mol. The summed E-state index contributed by atoms with van der Waals surface area (Å²) in [6, 6.07) is 45.7. The maximum Gasteiger partial charge on any atom is 0.338 e. The molecule has 22 heteroatoms. The number of aliphatic hydroxyl groups is 5. The zero-order valence-electron chi connectivity index (χ0n) is 44.2. The zero-order valence-corrected chi connectivity index (χ0v) is 46.5. The number of nitrogens with one attached hydrogen (secondary N) is 1. The van der Waals surface area contributed by atoms with Crippen molar-refractivity contribution in [2.24, 2.45) is 0 Å². The van der Waals surface area contributed by atoms with Crippen LogP contribution in [0.4, 0.5) is 0 Å². The van der Waals surface area contributed by atoms with Crippen LogP contribution in [-0.2, 0) is 28.4 Å². The Labute approximate surface area is 499 Å². The van der Waals surface area contributed by atoms with Gasteiger partial charge in [0.25, 0.3) is 3.79 Å². The summed E-state index contributed by atoms with van der Waals surface area (Å²) in [7, 11) is 0. The number of carbonyl (C=O) groups is 7. The van der Waals surface area contributed by atoms with Gasteiger partial charge in [-0.25, -0.2) is 9.59 Å². The first-order chi connectivity index (χ1) is 40.5.